The second-order valence-electron chi connectivity index (χ2n) is 4.41. The van der Waals surface area contributed by atoms with Crippen molar-refractivity contribution in [3.05, 3.63) is 64.1 Å². The lowest BCUT2D eigenvalue weighted by Crippen LogP contribution is -1.90. The molecule has 21 heavy (non-hydrogen) atoms. The van der Waals surface area contributed by atoms with Gasteiger partial charge in [0, 0.05) is 17.6 Å². The molecule has 4 nitrogen and oxygen atoms in total. The predicted molar refractivity (Wildman–Crippen MR) is 85.6 cm³/mol. The summed E-state index contributed by atoms with van der Waals surface area (Å²) in [5, 5.41) is 14.3. The maximum absolute atomic E-state index is 9.94. The number of thiazole rings is 1. The van der Waals surface area contributed by atoms with Gasteiger partial charge in [-0.15, -0.1) is 0 Å². The molecule has 0 saturated heterocycles. The van der Waals surface area contributed by atoms with E-state index in [1.807, 2.05) is 42.5 Å². The summed E-state index contributed by atoms with van der Waals surface area (Å²) in [6.07, 6.45) is 2.31. The topological polar surface area (TPSA) is 58.0 Å². The van der Waals surface area contributed by atoms with Crippen LogP contribution in [0.2, 0.25) is 5.02 Å². The van der Waals surface area contributed by atoms with Gasteiger partial charge in [-0.25, -0.2) is 4.98 Å². The standard InChI is InChI=1S/C15H12ClN3OS/c16-11-6-4-10(5-7-11)9-12-14(20)19-15(21-12)18-13-3-1-2-8-17-13/h1-8,20H,9H2,(H,17,18,19). The summed E-state index contributed by atoms with van der Waals surface area (Å²) in [5.41, 5.74) is 1.07. The Kier molecular flexibility index (Phi) is 4.03. The Morgan fingerprint density at radius 3 is 2.67 bits per heavy atom. The third kappa shape index (κ3) is 3.51. The molecule has 2 heterocycles. The van der Waals surface area contributed by atoms with Crippen molar-refractivity contribution in [1.29, 1.82) is 0 Å². The van der Waals surface area contributed by atoms with Crippen LogP contribution in [0, 0.1) is 0 Å². The van der Waals surface area contributed by atoms with Gasteiger partial charge in [-0.2, -0.15) is 4.98 Å². The number of anilines is 2. The smallest absolute Gasteiger partial charge is 0.227 e. The highest BCUT2D eigenvalue weighted by molar-refractivity contribution is 7.16. The lowest BCUT2D eigenvalue weighted by atomic mass is 10.1. The largest absolute Gasteiger partial charge is 0.492 e. The van der Waals surface area contributed by atoms with Gasteiger partial charge in [-0.05, 0) is 29.8 Å². The zero-order valence-electron chi connectivity index (χ0n) is 11.0. The van der Waals surface area contributed by atoms with Crippen LogP contribution in [0.25, 0.3) is 0 Å². The van der Waals surface area contributed by atoms with Crippen LogP contribution in [0.15, 0.2) is 48.7 Å². The van der Waals surface area contributed by atoms with E-state index in [1.165, 1.54) is 11.3 Å². The number of rotatable bonds is 4. The van der Waals surface area contributed by atoms with Crippen molar-refractivity contribution in [2.45, 2.75) is 6.42 Å². The molecule has 2 N–H and O–H groups in total. The van der Waals surface area contributed by atoms with E-state index < -0.39 is 0 Å². The Labute approximate surface area is 131 Å². The molecule has 1 aromatic carbocycles. The van der Waals surface area contributed by atoms with Crippen LogP contribution in [-0.4, -0.2) is 15.1 Å². The average Bonchev–Trinajstić information content (AvgIpc) is 2.82. The van der Waals surface area contributed by atoms with Crippen LogP contribution < -0.4 is 5.32 Å². The molecule has 0 bridgehead atoms. The normalized spacial score (nSPS) is 10.5. The van der Waals surface area contributed by atoms with Crippen molar-refractivity contribution in [3.8, 4) is 5.88 Å². The lowest BCUT2D eigenvalue weighted by Gasteiger charge is -1.99. The number of halogens is 1. The maximum Gasteiger partial charge on any atom is 0.227 e. The van der Waals surface area contributed by atoms with Gasteiger partial charge in [0.2, 0.25) is 5.88 Å². The molecule has 0 fully saturated rings. The third-order valence-corrected chi connectivity index (χ3v) is 4.07. The summed E-state index contributed by atoms with van der Waals surface area (Å²) in [7, 11) is 0. The van der Waals surface area contributed by atoms with Crippen molar-refractivity contribution in [3.63, 3.8) is 0 Å². The van der Waals surface area contributed by atoms with E-state index in [-0.39, 0.29) is 5.88 Å². The first-order chi connectivity index (χ1) is 10.2. The third-order valence-electron chi connectivity index (χ3n) is 2.85. The zero-order valence-corrected chi connectivity index (χ0v) is 12.5. The molecule has 0 radical (unpaired) electrons. The van der Waals surface area contributed by atoms with Gasteiger partial charge in [0.15, 0.2) is 5.13 Å². The first-order valence-corrected chi connectivity index (χ1v) is 7.51. The van der Waals surface area contributed by atoms with Crippen LogP contribution in [0.5, 0.6) is 5.88 Å². The molecule has 0 saturated carbocycles. The number of hydrogen-bond donors (Lipinski definition) is 2. The molecule has 3 aromatic rings. The summed E-state index contributed by atoms with van der Waals surface area (Å²) in [4.78, 5) is 9.08. The molecule has 0 aliphatic rings. The fraction of sp³-hybridized carbons (Fsp3) is 0.0667. The fourth-order valence-electron chi connectivity index (χ4n) is 1.85. The highest BCUT2D eigenvalue weighted by Gasteiger charge is 2.11. The van der Waals surface area contributed by atoms with Gasteiger partial charge in [0.25, 0.3) is 0 Å². The minimum Gasteiger partial charge on any atom is -0.492 e. The van der Waals surface area contributed by atoms with Crippen molar-refractivity contribution in [2.75, 3.05) is 5.32 Å². The molecule has 0 aliphatic heterocycles. The van der Waals surface area contributed by atoms with E-state index in [4.69, 9.17) is 11.6 Å². The van der Waals surface area contributed by atoms with Crippen LogP contribution in [0.3, 0.4) is 0 Å². The molecule has 2 aromatic heterocycles. The molecule has 0 aliphatic carbocycles. The predicted octanol–water partition coefficient (Wildman–Crippen LogP) is 4.23. The number of aromatic nitrogens is 2. The molecule has 0 amide bonds. The molecule has 0 spiro atoms. The number of nitrogens with one attached hydrogen (secondary N) is 1. The second kappa shape index (κ2) is 6.11. The Morgan fingerprint density at radius 1 is 1.14 bits per heavy atom. The molecule has 0 atom stereocenters. The second-order valence-corrected chi connectivity index (χ2v) is 5.93. The van der Waals surface area contributed by atoms with Gasteiger partial charge in [-0.3, -0.25) is 0 Å². The monoisotopic (exact) mass is 317 g/mol. The summed E-state index contributed by atoms with van der Waals surface area (Å²) in [6, 6.07) is 13.1. The molecule has 3 rings (SSSR count). The summed E-state index contributed by atoms with van der Waals surface area (Å²) in [6.45, 7) is 0. The first-order valence-electron chi connectivity index (χ1n) is 6.32. The lowest BCUT2D eigenvalue weighted by molar-refractivity contribution is 0.453. The fourth-order valence-corrected chi connectivity index (χ4v) is 2.87. The highest BCUT2D eigenvalue weighted by Crippen LogP contribution is 2.31. The summed E-state index contributed by atoms with van der Waals surface area (Å²) in [5.74, 6) is 0.748. The average molecular weight is 318 g/mol. The minimum absolute atomic E-state index is 0.0494. The molecular weight excluding hydrogens is 306 g/mol. The maximum atomic E-state index is 9.94. The number of aromatic hydroxyl groups is 1. The van der Waals surface area contributed by atoms with Gasteiger partial charge in [0.1, 0.15) is 5.82 Å². The van der Waals surface area contributed by atoms with Gasteiger partial charge >= 0.3 is 0 Å². The van der Waals surface area contributed by atoms with Crippen molar-refractivity contribution in [2.24, 2.45) is 0 Å². The Morgan fingerprint density at radius 2 is 1.95 bits per heavy atom. The van der Waals surface area contributed by atoms with E-state index in [9.17, 15) is 5.11 Å². The zero-order chi connectivity index (χ0) is 14.7. The van der Waals surface area contributed by atoms with Crippen molar-refractivity contribution >= 4 is 33.9 Å². The number of nitrogens with zero attached hydrogens (tertiary/aromatic N) is 2. The highest BCUT2D eigenvalue weighted by atomic mass is 35.5. The van der Waals surface area contributed by atoms with Gasteiger partial charge < -0.3 is 10.4 Å². The summed E-state index contributed by atoms with van der Waals surface area (Å²) < 4.78 is 0. The van der Waals surface area contributed by atoms with Crippen LogP contribution in [-0.2, 0) is 6.42 Å². The number of benzene rings is 1. The van der Waals surface area contributed by atoms with Crippen LogP contribution in [0.1, 0.15) is 10.4 Å². The summed E-state index contributed by atoms with van der Waals surface area (Å²) >= 11 is 7.27. The van der Waals surface area contributed by atoms with Crippen molar-refractivity contribution < 1.29 is 5.11 Å². The van der Waals surface area contributed by atoms with Crippen molar-refractivity contribution in [1.82, 2.24) is 9.97 Å². The van der Waals surface area contributed by atoms with Crippen LogP contribution in [0.4, 0.5) is 10.9 Å². The van der Waals surface area contributed by atoms with Crippen LogP contribution >= 0.6 is 22.9 Å². The van der Waals surface area contributed by atoms with E-state index in [1.54, 1.807) is 6.20 Å². The SMILES string of the molecule is Oc1nc(Nc2ccccn2)sc1Cc1ccc(Cl)cc1. The number of pyridine rings is 1. The van der Waals surface area contributed by atoms with Gasteiger partial charge in [-0.1, -0.05) is 41.1 Å². The minimum atomic E-state index is 0.0494. The van der Waals surface area contributed by atoms with E-state index >= 15 is 0 Å². The van der Waals surface area contributed by atoms with Gasteiger partial charge in [0.05, 0.1) is 4.88 Å². The van der Waals surface area contributed by atoms with E-state index in [2.05, 4.69) is 15.3 Å². The number of hydrogen-bond acceptors (Lipinski definition) is 5. The molecular formula is C15H12ClN3OS. The first kappa shape index (κ1) is 13.9. The molecule has 6 heteroatoms. The molecule has 106 valence electrons. The Bertz CT molecular complexity index is 728. The molecule has 0 unspecified atom stereocenters. The quantitative estimate of drug-likeness (QED) is 0.756. The Hall–Kier alpha value is -2.11. The Balaban J connectivity index is 1.76. The van der Waals surface area contributed by atoms with E-state index in [0.717, 1.165) is 10.4 Å². The van der Waals surface area contributed by atoms with E-state index in [0.29, 0.717) is 22.4 Å².